The minimum atomic E-state index is -0.316. The van der Waals surface area contributed by atoms with Crippen LogP contribution in [0.3, 0.4) is 0 Å². The summed E-state index contributed by atoms with van der Waals surface area (Å²) in [5.74, 6) is 0.322. The Hall–Kier alpha value is -3.64. The Bertz CT molecular complexity index is 1190. The van der Waals surface area contributed by atoms with Gasteiger partial charge in [-0.25, -0.2) is 0 Å². The first-order valence-corrected chi connectivity index (χ1v) is 10.6. The Morgan fingerprint density at radius 2 is 1.66 bits per heavy atom. The van der Waals surface area contributed by atoms with Crippen LogP contribution in [0.25, 0.3) is 0 Å². The quantitative estimate of drug-likeness (QED) is 0.588. The molecule has 0 bridgehead atoms. The molecule has 162 valence electrons. The summed E-state index contributed by atoms with van der Waals surface area (Å²) in [7, 11) is 2.00. The second-order valence-electron chi connectivity index (χ2n) is 7.67. The highest BCUT2D eigenvalue weighted by molar-refractivity contribution is 6.30. The number of nitrogens with one attached hydrogen (secondary N) is 2. The van der Waals surface area contributed by atoms with Crippen LogP contribution in [0.15, 0.2) is 71.7 Å². The van der Waals surface area contributed by atoms with E-state index in [4.69, 9.17) is 11.6 Å². The van der Waals surface area contributed by atoms with E-state index in [0.717, 1.165) is 30.1 Å². The van der Waals surface area contributed by atoms with Crippen molar-refractivity contribution >= 4 is 40.6 Å². The molecule has 0 aromatic heterocycles. The van der Waals surface area contributed by atoms with Gasteiger partial charge in [-0.15, -0.1) is 0 Å². The Labute approximate surface area is 191 Å². The van der Waals surface area contributed by atoms with E-state index in [0.29, 0.717) is 27.5 Å². The molecular formula is C25H23ClN4O2. The van der Waals surface area contributed by atoms with Crippen molar-refractivity contribution < 1.29 is 9.59 Å². The number of anilines is 2. The fourth-order valence-electron chi connectivity index (χ4n) is 3.50. The van der Waals surface area contributed by atoms with Crippen molar-refractivity contribution in [3.05, 3.63) is 94.0 Å². The van der Waals surface area contributed by atoms with Crippen molar-refractivity contribution in [3.63, 3.8) is 0 Å². The van der Waals surface area contributed by atoms with Gasteiger partial charge in [-0.3, -0.25) is 14.6 Å². The monoisotopic (exact) mass is 446 g/mol. The third-order valence-corrected chi connectivity index (χ3v) is 5.49. The Morgan fingerprint density at radius 3 is 2.31 bits per heavy atom. The van der Waals surface area contributed by atoms with Crippen LogP contribution in [-0.4, -0.2) is 42.7 Å². The summed E-state index contributed by atoms with van der Waals surface area (Å²) in [6.07, 6.45) is 0. The van der Waals surface area contributed by atoms with Gasteiger partial charge in [0.05, 0.1) is 17.8 Å². The van der Waals surface area contributed by atoms with Gasteiger partial charge in [0, 0.05) is 35.4 Å². The molecule has 0 atom stereocenters. The zero-order valence-corrected chi connectivity index (χ0v) is 18.6. The first-order valence-electron chi connectivity index (χ1n) is 10.3. The van der Waals surface area contributed by atoms with E-state index in [9.17, 15) is 9.59 Å². The van der Waals surface area contributed by atoms with E-state index in [-0.39, 0.29) is 11.8 Å². The molecule has 1 aliphatic rings. The second kappa shape index (κ2) is 9.24. The van der Waals surface area contributed by atoms with Crippen molar-refractivity contribution in [3.8, 4) is 0 Å². The number of amides is 2. The van der Waals surface area contributed by atoms with Crippen LogP contribution in [-0.2, 0) is 0 Å². The van der Waals surface area contributed by atoms with Gasteiger partial charge in [0.25, 0.3) is 11.8 Å². The lowest BCUT2D eigenvalue weighted by Gasteiger charge is -2.15. The van der Waals surface area contributed by atoms with E-state index < -0.39 is 0 Å². The van der Waals surface area contributed by atoms with Gasteiger partial charge in [0.2, 0.25) is 0 Å². The number of carbonyl (C=O) groups excluding carboxylic acids is 2. The molecule has 6 nitrogen and oxygen atoms in total. The lowest BCUT2D eigenvalue weighted by Crippen LogP contribution is -2.23. The van der Waals surface area contributed by atoms with Crippen LogP contribution in [0.2, 0.25) is 5.02 Å². The van der Waals surface area contributed by atoms with E-state index in [1.807, 2.05) is 32.2 Å². The standard InChI is InChI=1S/C25H23ClN4O2/c1-16-3-12-22(21(15-16)25(32)28-20-10-8-19(26)9-11-20)29-24(31)18-6-4-17(5-7-18)23-27-13-14-30(23)2/h3-12,15H,13-14H2,1-2H3,(H,28,32)(H,29,31). The molecule has 3 aromatic rings. The zero-order chi connectivity index (χ0) is 22.7. The number of nitrogens with zero attached hydrogens (tertiary/aromatic N) is 2. The molecule has 0 saturated carbocycles. The topological polar surface area (TPSA) is 73.8 Å². The van der Waals surface area contributed by atoms with Crippen LogP contribution in [0.4, 0.5) is 11.4 Å². The molecule has 32 heavy (non-hydrogen) atoms. The molecule has 7 heteroatoms. The van der Waals surface area contributed by atoms with E-state index in [1.54, 1.807) is 48.5 Å². The molecule has 1 aliphatic heterocycles. The predicted molar refractivity (Wildman–Crippen MR) is 129 cm³/mol. The van der Waals surface area contributed by atoms with Crippen LogP contribution >= 0.6 is 11.6 Å². The van der Waals surface area contributed by atoms with Crippen molar-refractivity contribution in [1.29, 1.82) is 0 Å². The van der Waals surface area contributed by atoms with Gasteiger partial charge in [0.1, 0.15) is 5.84 Å². The van der Waals surface area contributed by atoms with Crippen LogP contribution in [0.1, 0.15) is 31.8 Å². The number of carbonyl (C=O) groups is 2. The number of benzene rings is 3. The van der Waals surface area contributed by atoms with Crippen molar-refractivity contribution in [2.24, 2.45) is 4.99 Å². The first-order chi connectivity index (χ1) is 15.4. The summed E-state index contributed by atoms with van der Waals surface area (Å²) in [6, 6.07) is 19.5. The van der Waals surface area contributed by atoms with Crippen LogP contribution in [0.5, 0.6) is 0 Å². The van der Waals surface area contributed by atoms with Crippen molar-refractivity contribution in [1.82, 2.24) is 4.90 Å². The third kappa shape index (κ3) is 4.81. The maximum absolute atomic E-state index is 12.9. The summed E-state index contributed by atoms with van der Waals surface area (Å²) in [5.41, 5.74) is 3.83. The number of rotatable bonds is 5. The molecule has 2 N–H and O–H groups in total. The number of hydrogen-bond acceptors (Lipinski definition) is 4. The Morgan fingerprint density at radius 1 is 0.938 bits per heavy atom. The fraction of sp³-hybridized carbons (Fsp3) is 0.160. The molecule has 0 fully saturated rings. The predicted octanol–water partition coefficient (Wildman–Crippen LogP) is 4.85. The molecule has 0 saturated heterocycles. The maximum Gasteiger partial charge on any atom is 0.257 e. The van der Waals surface area contributed by atoms with Gasteiger partial charge in [-0.1, -0.05) is 35.4 Å². The van der Waals surface area contributed by atoms with Crippen LogP contribution in [0, 0.1) is 6.92 Å². The average Bonchev–Trinajstić information content (AvgIpc) is 3.22. The van der Waals surface area contributed by atoms with E-state index in [1.165, 1.54) is 0 Å². The lowest BCUT2D eigenvalue weighted by atomic mass is 10.1. The van der Waals surface area contributed by atoms with Crippen LogP contribution < -0.4 is 10.6 Å². The summed E-state index contributed by atoms with van der Waals surface area (Å²) in [6.45, 7) is 3.57. The normalized spacial score (nSPS) is 13.0. The number of likely N-dealkylation sites (N-methyl/N-ethyl adjacent to an activating group) is 1. The number of aryl methyl sites for hydroxylation is 1. The largest absolute Gasteiger partial charge is 0.358 e. The molecule has 1 heterocycles. The second-order valence-corrected chi connectivity index (χ2v) is 8.10. The van der Waals surface area contributed by atoms with E-state index >= 15 is 0 Å². The lowest BCUT2D eigenvalue weighted by molar-refractivity contribution is 0.102. The van der Waals surface area contributed by atoms with Crippen molar-refractivity contribution in [2.75, 3.05) is 30.8 Å². The summed E-state index contributed by atoms with van der Waals surface area (Å²) in [5, 5.41) is 6.30. The van der Waals surface area contributed by atoms with Gasteiger partial charge in [0.15, 0.2) is 0 Å². The zero-order valence-electron chi connectivity index (χ0n) is 17.9. The fourth-order valence-corrected chi connectivity index (χ4v) is 3.62. The van der Waals surface area contributed by atoms with Gasteiger partial charge >= 0.3 is 0 Å². The maximum atomic E-state index is 12.9. The minimum absolute atomic E-state index is 0.289. The molecule has 0 spiro atoms. The number of halogens is 1. The van der Waals surface area contributed by atoms with Gasteiger partial charge < -0.3 is 15.5 Å². The van der Waals surface area contributed by atoms with Gasteiger partial charge in [-0.2, -0.15) is 0 Å². The van der Waals surface area contributed by atoms with Crippen molar-refractivity contribution in [2.45, 2.75) is 6.92 Å². The summed E-state index contributed by atoms with van der Waals surface area (Å²) >= 11 is 5.91. The molecule has 3 aromatic carbocycles. The molecule has 4 rings (SSSR count). The minimum Gasteiger partial charge on any atom is -0.358 e. The molecule has 0 aliphatic carbocycles. The number of hydrogen-bond donors (Lipinski definition) is 2. The molecule has 2 amide bonds. The number of aliphatic imine (C=N–C) groups is 1. The SMILES string of the molecule is Cc1ccc(NC(=O)c2ccc(C3=NCCN3C)cc2)c(C(=O)Nc2ccc(Cl)cc2)c1. The summed E-state index contributed by atoms with van der Waals surface area (Å²) < 4.78 is 0. The molecular weight excluding hydrogens is 424 g/mol. The third-order valence-electron chi connectivity index (χ3n) is 5.23. The Balaban J connectivity index is 1.52. The average molecular weight is 447 g/mol. The highest BCUT2D eigenvalue weighted by atomic mass is 35.5. The number of amidine groups is 1. The first kappa shape index (κ1) is 21.6. The summed E-state index contributed by atoms with van der Waals surface area (Å²) in [4.78, 5) is 32.4. The Kier molecular flexibility index (Phi) is 6.23. The van der Waals surface area contributed by atoms with Gasteiger partial charge in [-0.05, 0) is 55.5 Å². The molecule has 0 unspecified atom stereocenters. The molecule has 0 radical (unpaired) electrons. The smallest absolute Gasteiger partial charge is 0.257 e. The highest BCUT2D eigenvalue weighted by Gasteiger charge is 2.17. The highest BCUT2D eigenvalue weighted by Crippen LogP contribution is 2.22. The van der Waals surface area contributed by atoms with E-state index in [2.05, 4.69) is 20.5 Å².